The summed E-state index contributed by atoms with van der Waals surface area (Å²) in [6.07, 6.45) is 3.49. The second-order valence-electron chi connectivity index (χ2n) is 6.68. The van der Waals surface area contributed by atoms with Gasteiger partial charge >= 0.3 is 6.09 Å². The molecule has 1 aliphatic heterocycles. The van der Waals surface area contributed by atoms with E-state index in [1.165, 1.54) is 7.11 Å². The van der Waals surface area contributed by atoms with Crippen LogP contribution in [0.2, 0.25) is 0 Å². The Hall–Kier alpha value is -3.35. The number of ether oxygens (including phenoxy) is 1. The molecule has 0 bridgehead atoms. The SMILES string of the molecule is COC(=O)N1CCc2c(cncc2C(=O)n2c(C)cc3cccc(N)c32)C1. The van der Waals surface area contributed by atoms with Crippen molar-refractivity contribution in [1.29, 1.82) is 0 Å². The second kappa shape index (κ2) is 6.42. The van der Waals surface area contributed by atoms with Gasteiger partial charge in [0.2, 0.25) is 0 Å². The number of amides is 1. The zero-order chi connectivity index (χ0) is 19.1. The average molecular weight is 364 g/mol. The molecule has 138 valence electrons. The van der Waals surface area contributed by atoms with Gasteiger partial charge in [0.15, 0.2) is 0 Å². The third kappa shape index (κ3) is 2.71. The number of para-hydroxylation sites is 1. The quantitative estimate of drug-likeness (QED) is 0.671. The van der Waals surface area contributed by atoms with E-state index in [1.807, 2.05) is 25.1 Å². The van der Waals surface area contributed by atoms with Crippen LogP contribution in [0.15, 0.2) is 36.7 Å². The predicted octanol–water partition coefficient (Wildman–Crippen LogP) is 2.74. The van der Waals surface area contributed by atoms with Gasteiger partial charge < -0.3 is 15.4 Å². The Morgan fingerprint density at radius 1 is 1.26 bits per heavy atom. The molecule has 0 spiro atoms. The van der Waals surface area contributed by atoms with Crippen molar-refractivity contribution in [2.45, 2.75) is 19.9 Å². The van der Waals surface area contributed by atoms with Gasteiger partial charge in [0.05, 0.1) is 30.4 Å². The highest BCUT2D eigenvalue weighted by Crippen LogP contribution is 2.28. The lowest BCUT2D eigenvalue weighted by atomic mass is 9.97. The number of carbonyl (C=O) groups excluding carboxylic acids is 2. The lowest BCUT2D eigenvalue weighted by Crippen LogP contribution is -2.36. The normalized spacial score (nSPS) is 13.5. The number of carbonyl (C=O) groups is 2. The van der Waals surface area contributed by atoms with Crippen LogP contribution in [0.25, 0.3) is 10.9 Å². The number of fused-ring (bicyclic) bond motifs is 2. The maximum Gasteiger partial charge on any atom is 0.409 e. The molecule has 0 saturated carbocycles. The van der Waals surface area contributed by atoms with Crippen molar-refractivity contribution in [2.75, 3.05) is 19.4 Å². The molecule has 7 nitrogen and oxygen atoms in total. The van der Waals surface area contributed by atoms with Crippen LogP contribution < -0.4 is 5.73 Å². The number of hydrogen-bond donors (Lipinski definition) is 1. The summed E-state index contributed by atoms with van der Waals surface area (Å²) in [5.41, 5.74) is 10.6. The van der Waals surface area contributed by atoms with Crippen LogP contribution in [0.3, 0.4) is 0 Å². The van der Waals surface area contributed by atoms with E-state index in [9.17, 15) is 9.59 Å². The molecule has 0 aliphatic carbocycles. The maximum absolute atomic E-state index is 13.4. The summed E-state index contributed by atoms with van der Waals surface area (Å²) < 4.78 is 6.45. The smallest absolute Gasteiger partial charge is 0.409 e. The van der Waals surface area contributed by atoms with Crippen molar-refractivity contribution < 1.29 is 14.3 Å². The third-order valence-electron chi connectivity index (χ3n) is 5.05. The first-order valence-corrected chi connectivity index (χ1v) is 8.71. The van der Waals surface area contributed by atoms with Gasteiger partial charge in [-0.1, -0.05) is 12.1 Å². The monoisotopic (exact) mass is 364 g/mol. The molecule has 4 rings (SSSR count). The first-order valence-electron chi connectivity index (χ1n) is 8.71. The van der Waals surface area contributed by atoms with E-state index in [2.05, 4.69) is 4.98 Å². The van der Waals surface area contributed by atoms with Crippen LogP contribution in [-0.2, 0) is 17.7 Å². The van der Waals surface area contributed by atoms with E-state index in [-0.39, 0.29) is 12.0 Å². The number of nitrogens with two attached hydrogens (primary N) is 1. The van der Waals surface area contributed by atoms with Gasteiger partial charge in [-0.15, -0.1) is 0 Å². The van der Waals surface area contributed by atoms with E-state index in [4.69, 9.17) is 10.5 Å². The van der Waals surface area contributed by atoms with Crippen LogP contribution in [0.4, 0.5) is 10.5 Å². The van der Waals surface area contributed by atoms with Crippen LogP contribution in [0.5, 0.6) is 0 Å². The summed E-state index contributed by atoms with van der Waals surface area (Å²) in [5.74, 6) is -0.156. The summed E-state index contributed by atoms with van der Waals surface area (Å²) in [6, 6.07) is 7.55. The first-order chi connectivity index (χ1) is 13.0. The van der Waals surface area contributed by atoms with Crippen LogP contribution in [0, 0.1) is 6.92 Å². The molecule has 0 saturated heterocycles. The minimum Gasteiger partial charge on any atom is -0.453 e. The summed E-state index contributed by atoms with van der Waals surface area (Å²) in [5, 5.41) is 0.926. The van der Waals surface area contributed by atoms with Crippen LogP contribution >= 0.6 is 0 Å². The molecule has 0 fully saturated rings. The van der Waals surface area contributed by atoms with Gasteiger partial charge in [-0.2, -0.15) is 0 Å². The molecule has 7 heteroatoms. The van der Waals surface area contributed by atoms with Crippen molar-refractivity contribution in [1.82, 2.24) is 14.5 Å². The molecular weight excluding hydrogens is 344 g/mol. The zero-order valence-corrected chi connectivity index (χ0v) is 15.2. The highest BCUT2D eigenvalue weighted by atomic mass is 16.5. The summed E-state index contributed by atoms with van der Waals surface area (Å²) in [6.45, 7) is 2.76. The topological polar surface area (TPSA) is 90.5 Å². The molecule has 0 radical (unpaired) electrons. The summed E-state index contributed by atoms with van der Waals surface area (Å²) >= 11 is 0. The lowest BCUT2D eigenvalue weighted by molar-refractivity contribution is 0.0960. The Labute approximate surface area is 156 Å². The van der Waals surface area contributed by atoms with Crippen molar-refractivity contribution in [3.05, 3.63) is 59.0 Å². The largest absolute Gasteiger partial charge is 0.453 e. The Bertz CT molecular complexity index is 1070. The van der Waals surface area contributed by atoms with Crippen molar-refractivity contribution in [3.63, 3.8) is 0 Å². The van der Waals surface area contributed by atoms with E-state index >= 15 is 0 Å². The Balaban J connectivity index is 1.79. The van der Waals surface area contributed by atoms with Gasteiger partial charge in [0.25, 0.3) is 5.91 Å². The molecular formula is C20H20N4O3. The minimum atomic E-state index is -0.377. The minimum absolute atomic E-state index is 0.156. The van der Waals surface area contributed by atoms with Gasteiger partial charge in [0, 0.05) is 30.0 Å². The number of aromatic nitrogens is 2. The van der Waals surface area contributed by atoms with Crippen molar-refractivity contribution >= 4 is 28.6 Å². The molecule has 2 N–H and O–H groups in total. The number of pyridine rings is 1. The van der Waals surface area contributed by atoms with Crippen LogP contribution in [0.1, 0.15) is 27.2 Å². The highest BCUT2D eigenvalue weighted by Gasteiger charge is 2.27. The summed E-state index contributed by atoms with van der Waals surface area (Å²) in [4.78, 5) is 31.0. The zero-order valence-electron chi connectivity index (χ0n) is 15.2. The number of nitrogens with zero attached hydrogens (tertiary/aromatic N) is 3. The fraction of sp³-hybridized carbons (Fsp3) is 0.250. The fourth-order valence-electron chi connectivity index (χ4n) is 3.77. The Morgan fingerprint density at radius 3 is 2.85 bits per heavy atom. The van der Waals surface area contributed by atoms with E-state index in [1.54, 1.807) is 27.9 Å². The molecule has 0 unspecified atom stereocenters. The standard InChI is InChI=1S/C20H20N4O3/c1-12-8-13-4-3-5-17(21)18(13)24(12)19(25)16-10-22-9-14-11-23(20(26)27-2)7-6-15(14)16/h3-5,8-10H,6-7,11,21H2,1-2H3. The second-order valence-corrected chi connectivity index (χ2v) is 6.68. The first kappa shape index (κ1) is 17.1. The third-order valence-corrected chi connectivity index (χ3v) is 5.05. The molecule has 1 amide bonds. The molecule has 1 aromatic carbocycles. The van der Waals surface area contributed by atoms with Gasteiger partial charge in [-0.25, -0.2) is 4.79 Å². The van der Waals surface area contributed by atoms with E-state index < -0.39 is 0 Å². The van der Waals surface area contributed by atoms with Gasteiger partial charge in [0.1, 0.15) is 0 Å². The molecule has 2 aromatic heterocycles. The molecule has 3 aromatic rings. The maximum atomic E-state index is 13.4. The van der Waals surface area contributed by atoms with E-state index in [0.717, 1.165) is 22.2 Å². The van der Waals surface area contributed by atoms with Crippen LogP contribution in [-0.4, -0.2) is 40.1 Å². The van der Waals surface area contributed by atoms with Crippen molar-refractivity contribution in [2.24, 2.45) is 0 Å². The number of methoxy groups -OCH3 is 1. The number of aryl methyl sites for hydroxylation is 1. The number of benzene rings is 1. The molecule has 1 aliphatic rings. The molecule has 27 heavy (non-hydrogen) atoms. The van der Waals surface area contributed by atoms with Crippen molar-refractivity contribution in [3.8, 4) is 0 Å². The number of hydrogen-bond acceptors (Lipinski definition) is 5. The molecule has 3 heterocycles. The highest BCUT2D eigenvalue weighted by molar-refractivity contribution is 6.06. The van der Waals surface area contributed by atoms with E-state index in [0.29, 0.717) is 36.3 Å². The van der Waals surface area contributed by atoms with Gasteiger partial charge in [-0.3, -0.25) is 14.3 Å². The number of anilines is 1. The molecule has 0 atom stereocenters. The Morgan fingerprint density at radius 2 is 2.07 bits per heavy atom. The summed E-state index contributed by atoms with van der Waals surface area (Å²) in [7, 11) is 1.36. The fourth-order valence-corrected chi connectivity index (χ4v) is 3.77. The number of rotatable bonds is 1. The van der Waals surface area contributed by atoms with Gasteiger partial charge in [-0.05, 0) is 36.6 Å². The predicted molar refractivity (Wildman–Crippen MR) is 102 cm³/mol. The lowest BCUT2D eigenvalue weighted by Gasteiger charge is -2.28. The average Bonchev–Trinajstić information content (AvgIpc) is 3.03. The Kier molecular flexibility index (Phi) is 4.07. The number of nitrogen functional groups attached to an aromatic ring is 1.